The van der Waals surface area contributed by atoms with Crippen molar-refractivity contribution in [2.45, 2.75) is 37.6 Å². The maximum atomic E-state index is 12.6. The predicted molar refractivity (Wildman–Crippen MR) is 122 cm³/mol. The van der Waals surface area contributed by atoms with E-state index in [4.69, 9.17) is 14.2 Å². The summed E-state index contributed by atoms with van der Waals surface area (Å²) >= 11 is 0. The number of nitrogens with one attached hydrogen (secondary N) is 1. The van der Waals surface area contributed by atoms with Gasteiger partial charge in [-0.15, -0.1) is 0 Å². The van der Waals surface area contributed by atoms with E-state index in [0.717, 1.165) is 57.7 Å². The second-order valence-electron chi connectivity index (χ2n) is 8.56. The molecule has 4 rings (SSSR count). The third-order valence-electron chi connectivity index (χ3n) is 6.53. The number of amides is 1. The lowest BCUT2D eigenvalue weighted by molar-refractivity contribution is -0.125. The van der Waals surface area contributed by atoms with Crippen molar-refractivity contribution in [2.75, 3.05) is 46.6 Å². The van der Waals surface area contributed by atoms with Crippen LogP contribution >= 0.6 is 0 Å². The zero-order valence-corrected chi connectivity index (χ0v) is 19.1. The van der Waals surface area contributed by atoms with Gasteiger partial charge in [0.05, 0.1) is 32.2 Å². The molecule has 1 saturated heterocycles. The maximum absolute atomic E-state index is 12.6. The Morgan fingerprint density at radius 2 is 1.85 bits per heavy atom. The van der Waals surface area contributed by atoms with Gasteiger partial charge in [0, 0.05) is 25.2 Å². The number of carbonyl (C=O) groups excluding carboxylic acids is 2. The van der Waals surface area contributed by atoms with Crippen molar-refractivity contribution in [3.05, 3.63) is 42.2 Å². The second kappa shape index (κ2) is 10.8. The van der Waals surface area contributed by atoms with Gasteiger partial charge in [-0.25, -0.2) is 9.48 Å². The van der Waals surface area contributed by atoms with E-state index in [-0.39, 0.29) is 29.5 Å². The largest absolute Gasteiger partial charge is 0.493 e. The van der Waals surface area contributed by atoms with E-state index in [9.17, 15) is 9.59 Å². The SMILES string of the molecule is COc1cn(-c2ccccc2)nc1C(=O)OCC(=O)NCC1(N2CCOCC2)CCCCC1. The van der Waals surface area contributed by atoms with Crippen molar-refractivity contribution in [1.29, 1.82) is 0 Å². The maximum Gasteiger partial charge on any atom is 0.363 e. The molecule has 9 heteroatoms. The summed E-state index contributed by atoms with van der Waals surface area (Å²) in [5.74, 6) is -0.724. The molecule has 1 N–H and O–H groups in total. The molecule has 0 unspecified atom stereocenters. The Morgan fingerprint density at radius 3 is 2.55 bits per heavy atom. The van der Waals surface area contributed by atoms with Gasteiger partial charge in [-0.1, -0.05) is 37.5 Å². The summed E-state index contributed by atoms with van der Waals surface area (Å²) in [6.07, 6.45) is 7.27. The number of carbonyl (C=O) groups is 2. The van der Waals surface area contributed by atoms with Crippen LogP contribution in [0.5, 0.6) is 5.75 Å². The third-order valence-corrected chi connectivity index (χ3v) is 6.53. The molecule has 1 saturated carbocycles. The minimum atomic E-state index is -0.697. The van der Waals surface area contributed by atoms with Crippen molar-refractivity contribution in [3.63, 3.8) is 0 Å². The van der Waals surface area contributed by atoms with E-state index < -0.39 is 5.97 Å². The number of para-hydroxylation sites is 1. The first-order valence-electron chi connectivity index (χ1n) is 11.6. The first-order chi connectivity index (χ1) is 16.1. The van der Waals surface area contributed by atoms with Crippen molar-refractivity contribution in [3.8, 4) is 11.4 Å². The Kier molecular flexibility index (Phi) is 7.61. The standard InChI is InChI=1S/C24H32N4O5/c1-31-20-16-28(19-8-4-2-5-9-19)26-22(20)23(30)33-17-21(29)25-18-24(10-6-3-7-11-24)27-12-14-32-15-13-27/h2,4-5,8-9,16H,3,6-7,10-15,17-18H2,1H3,(H,25,29). The van der Waals surface area contributed by atoms with E-state index in [2.05, 4.69) is 15.3 Å². The quantitative estimate of drug-likeness (QED) is 0.609. The molecule has 9 nitrogen and oxygen atoms in total. The minimum absolute atomic E-state index is 0.0335. The van der Waals surface area contributed by atoms with E-state index in [0.29, 0.717) is 6.54 Å². The highest BCUT2D eigenvalue weighted by Gasteiger charge is 2.38. The number of esters is 1. The van der Waals surface area contributed by atoms with Crippen LogP contribution in [0.4, 0.5) is 0 Å². The first kappa shape index (κ1) is 23.3. The fourth-order valence-electron chi connectivity index (χ4n) is 4.73. The molecule has 0 atom stereocenters. The lowest BCUT2D eigenvalue weighted by Gasteiger charge is -2.48. The van der Waals surface area contributed by atoms with E-state index >= 15 is 0 Å². The van der Waals surface area contributed by atoms with Gasteiger partial charge >= 0.3 is 5.97 Å². The average molecular weight is 457 g/mol. The Balaban J connectivity index is 1.34. The van der Waals surface area contributed by atoms with Gasteiger partial charge in [0.25, 0.3) is 5.91 Å². The van der Waals surface area contributed by atoms with Crippen LogP contribution in [0.2, 0.25) is 0 Å². The summed E-state index contributed by atoms with van der Waals surface area (Å²) < 4.78 is 17.6. The fourth-order valence-corrected chi connectivity index (χ4v) is 4.73. The molecule has 1 aliphatic carbocycles. The number of hydrogen-bond donors (Lipinski definition) is 1. The summed E-state index contributed by atoms with van der Waals surface area (Å²) in [4.78, 5) is 27.6. The number of nitrogens with zero attached hydrogens (tertiary/aromatic N) is 3. The molecule has 0 bridgehead atoms. The normalized spacial score (nSPS) is 18.5. The lowest BCUT2D eigenvalue weighted by atomic mass is 9.79. The van der Waals surface area contributed by atoms with Crippen molar-refractivity contribution >= 4 is 11.9 Å². The Hall–Kier alpha value is -2.91. The summed E-state index contributed by atoms with van der Waals surface area (Å²) in [6.45, 7) is 3.41. The Morgan fingerprint density at radius 1 is 1.12 bits per heavy atom. The van der Waals surface area contributed by atoms with Gasteiger partial charge < -0.3 is 19.5 Å². The predicted octanol–water partition coefficient (Wildman–Crippen LogP) is 2.19. The third kappa shape index (κ3) is 5.54. The molecule has 1 aromatic carbocycles. The second-order valence-corrected chi connectivity index (χ2v) is 8.56. The molecular formula is C24H32N4O5. The van der Waals surface area contributed by atoms with E-state index in [1.54, 1.807) is 10.9 Å². The summed E-state index contributed by atoms with van der Waals surface area (Å²) in [6, 6.07) is 9.38. The average Bonchev–Trinajstić information content (AvgIpc) is 3.32. The highest BCUT2D eigenvalue weighted by atomic mass is 16.5. The molecule has 33 heavy (non-hydrogen) atoms. The summed E-state index contributed by atoms with van der Waals surface area (Å²) in [7, 11) is 1.46. The van der Waals surface area contributed by atoms with Crippen LogP contribution in [-0.2, 0) is 14.3 Å². The number of methoxy groups -OCH3 is 1. The van der Waals surface area contributed by atoms with Crippen LogP contribution in [-0.4, -0.2) is 78.7 Å². The highest BCUT2D eigenvalue weighted by Crippen LogP contribution is 2.33. The van der Waals surface area contributed by atoms with Crippen molar-refractivity contribution < 1.29 is 23.8 Å². The molecular weight excluding hydrogens is 424 g/mol. The van der Waals surface area contributed by atoms with Crippen LogP contribution in [0.1, 0.15) is 42.6 Å². The number of benzene rings is 1. The highest BCUT2D eigenvalue weighted by molar-refractivity contribution is 5.92. The van der Waals surface area contributed by atoms with Gasteiger partial charge in [0.1, 0.15) is 0 Å². The monoisotopic (exact) mass is 456 g/mol. The van der Waals surface area contributed by atoms with Crippen LogP contribution in [0.15, 0.2) is 36.5 Å². The van der Waals surface area contributed by atoms with Gasteiger partial charge in [-0.3, -0.25) is 9.69 Å². The number of aromatic nitrogens is 2. The molecule has 2 heterocycles. The molecule has 0 spiro atoms. The molecule has 2 aliphatic rings. The number of rotatable bonds is 8. The smallest absolute Gasteiger partial charge is 0.363 e. The zero-order chi connectivity index (χ0) is 23.1. The fraction of sp³-hybridized carbons (Fsp3) is 0.542. The lowest BCUT2D eigenvalue weighted by Crippen LogP contribution is -2.59. The van der Waals surface area contributed by atoms with Crippen molar-refractivity contribution in [1.82, 2.24) is 20.0 Å². The molecule has 0 radical (unpaired) electrons. The van der Waals surface area contributed by atoms with Gasteiger partial charge in [0.15, 0.2) is 12.4 Å². The van der Waals surface area contributed by atoms with E-state index in [1.165, 1.54) is 13.5 Å². The van der Waals surface area contributed by atoms with Crippen LogP contribution < -0.4 is 10.1 Å². The summed E-state index contributed by atoms with van der Waals surface area (Å²) in [5.41, 5.74) is 0.777. The number of morpholine rings is 1. The Labute approximate surface area is 194 Å². The molecule has 2 fully saturated rings. The minimum Gasteiger partial charge on any atom is -0.493 e. The van der Waals surface area contributed by atoms with E-state index in [1.807, 2.05) is 30.3 Å². The first-order valence-corrected chi connectivity index (χ1v) is 11.6. The molecule has 1 aliphatic heterocycles. The topological polar surface area (TPSA) is 94.9 Å². The molecule has 178 valence electrons. The number of ether oxygens (including phenoxy) is 3. The van der Waals surface area contributed by atoms with Gasteiger partial charge in [-0.2, -0.15) is 5.10 Å². The van der Waals surface area contributed by atoms with Crippen LogP contribution in [0.3, 0.4) is 0 Å². The zero-order valence-electron chi connectivity index (χ0n) is 19.1. The van der Waals surface area contributed by atoms with Crippen molar-refractivity contribution in [2.24, 2.45) is 0 Å². The van der Waals surface area contributed by atoms with Crippen LogP contribution in [0.25, 0.3) is 5.69 Å². The molecule has 1 aromatic heterocycles. The van der Waals surface area contributed by atoms with Crippen LogP contribution in [0, 0.1) is 0 Å². The Bertz CT molecular complexity index is 934. The van der Waals surface area contributed by atoms with Gasteiger partial charge in [-0.05, 0) is 25.0 Å². The molecule has 2 aromatic rings. The summed E-state index contributed by atoms with van der Waals surface area (Å²) in [5, 5.41) is 7.29. The molecule has 1 amide bonds. The van der Waals surface area contributed by atoms with Gasteiger partial charge in [0.2, 0.25) is 5.69 Å². The number of hydrogen-bond acceptors (Lipinski definition) is 7.